The lowest BCUT2D eigenvalue weighted by molar-refractivity contribution is 0.649. The Bertz CT molecular complexity index is 560. The summed E-state index contributed by atoms with van der Waals surface area (Å²) in [5.74, 6) is 0. The van der Waals surface area contributed by atoms with Gasteiger partial charge in [-0.2, -0.15) is 0 Å². The zero-order chi connectivity index (χ0) is 12.0. The number of benzene rings is 1. The molecule has 2 heterocycles. The molecule has 0 aliphatic carbocycles. The van der Waals surface area contributed by atoms with Crippen LogP contribution in [0.15, 0.2) is 18.2 Å². The quantitative estimate of drug-likeness (QED) is 0.793. The Balaban J connectivity index is 2.28. The van der Waals surface area contributed by atoms with Crippen LogP contribution in [0.25, 0.3) is 10.9 Å². The average molecular weight is 228 g/mol. The number of rotatable bonds is 1. The maximum atomic E-state index is 3.61. The predicted molar refractivity (Wildman–Crippen MR) is 72.4 cm³/mol. The summed E-state index contributed by atoms with van der Waals surface area (Å²) in [4.78, 5) is 0. The van der Waals surface area contributed by atoms with E-state index in [1.807, 2.05) is 0 Å². The van der Waals surface area contributed by atoms with Gasteiger partial charge in [-0.25, -0.2) is 0 Å². The number of aryl methyl sites for hydroxylation is 2. The molecule has 0 unspecified atom stereocenters. The van der Waals surface area contributed by atoms with Crippen LogP contribution in [0, 0.1) is 13.8 Å². The lowest BCUT2D eigenvalue weighted by atomic mass is 10.0. The Morgan fingerprint density at radius 2 is 2.12 bits per heavy atom. The molecule has 0 radical (unpaired) electrons. The van der Waals surface area contributed by atoms with Gasteiger partial charge in [-0.05, 0) is 44.4 Å². The van der Waals surface area contributed by atoms with Gasteiger partial charge in [-0.3, -0.25) is 0 Å². The van der Waals surface area contributed by atoms with Crippen molar-refractivity contribution < 1.29 is 0 Å². The molecule has 1 aliphatic heterocycles. The summed E-state index contributed by atoms with van der Waals surface area (Å²) in [6.45, 7) is 5.59. The number of para-hydroxylation sites is 1. The van der Waals surface area contributed by atoms with Crippen LogP contribution in [0.2, 0.25) is 0 Å². The molecule has 2 nitrogen and oxygen atoms in total. The number of nitrogens with zero attached hydrogens (tertiary/aromatic N) is 1. The van der Waals surface area contributed by atoms with E-state index >= 15 is 0 Å². The van der Waals surface area contributed by atoms with Crippen molar-refractivity contribution in [1.29, 1.82) is 0 Å². The van der Waals surface area contributed by atoms with Crippen molar-refractivity contribution in [2.24, 2.45) is 7.05 Å². The molecule has 1 aliphatic rings. The predicted octanol–water partition coefficient (Wildman–Crippen LogP) is 3.22. The fraction of sp³-hybridized carbons (Fsp3) is 0.467. The summed E-state index contributed by atoms with van der Waals surface area (Å²) in [7, 11) is 2.18. The lowest BCUT2D eigenvalue weighted by Gasteiger charge is -2.13. The zero-order valence-corrected chi connectivity index (χ0v) is 10.9. The molecule has 1 aromatic heterocycles. The summed E-state index contributed by atoms with van der Waals surface area (Å²) in [6.07, 6.45) is 2.56. The second kappa shape index (κ2) is 3.88. The maximum absolute atomic E-state index is 3.61. The molecule has 17 heavy (non-hydrogen) atoms. The first-order valence-electron chi connectivity index (χ1n) is 6.48. The van der Waals surface area contributed by atoms with Gasteiger partial charge in [0.1, 0.15) is 0 Å². The summed E-state index contributed by atoms with van der Waals surface area (Å²) in [5, 5.41) is 5.02. The van der Waals surface area contributed by atoms with E-state index in [4.69, 9.17) is 0 Å². The number of fused-ring (bicyclic) bond motifs is 1. The standard InChI is InChI=1S/C15H20N2/c1-10-11(2)17(3)15-12(10)6-4-7-13(15)14-8-5-9-16-14/h4,6-7,14,16H,5,8-9H2,1-3H3/t14-/m0/s1. The molecule has 1 fully saturated rings. The van der Waals surface area contributed by atoms with Crippen LogP contribution in [0.3, 0.4) is 0 Å². The minimum atomic E-state index is 0.547. The zero-order valence-electron chi connectivity index (χ0n) is 10.9. The van der Waals surface area contributed by atoms with Gasteiger partial charge < -0.3 is 9.88 Å². The molecule has 1 N–H and O–H groups in total. The van der Waals surface area contributed by atoms with Crippen molar-refractivity contribution in [1.82, 2.24) is 9.88 Å². The van der Waals surface area contributed by atoms with E-state index in [1.54, 1.807) is 0 Å². The van der Waals surface area contributed by atoms with E-state index in [1.165, 1.54) is 40.6 Å². The molecule has 1 aromatic carbocycles. The fourth-order valence-corrected chi connectivity index (χ4v) is 3.08. The van der Waals surface area contributed by atoms with Crippen LogP contribution in [-0.4, -0.2) is 11.1 Å². The van der Waals surface area contributed by atoms with Gasteiger partial charge in [0.15, 0.2) is 0 Å². The first-order chi connectivity index (χ1) is 8.20. The Hall–Kier alpha value is -1.28. The van der Waals surface area contributed by atoms with Crippen molar-refractivity contribution in [2.75, 3.05) is 6.54 Å². The second-order valence-corrected chi connectivity index (χ2v) is 5.16. The van der Waals surface area contributed by atoms with Gasteiger partial charge in [0.25, 0.3) is 0 Å². The van der Waals surface area contributed by atoms with Gasteiger partial charge in [-0.1, -0.05) is 18.2 Å². The molecule has 1 saturated heterocycles. The molecule has 0 spiro atoms. The van der Waals surface area contributed by atoms with E-state index < -0.39 is 0 Å². The summed E-state index contributed by atoms with van der Waals surface area (Å²) < 4.78 is 2.35. The van der Waals surface area contributed by atoms with Gasteiger partial charge in [0, 0.05) is 24.2 Å². The summed E-state index contributed by atoms with van der Waals surface area (Å²) >= 11 is 0. The molecular formula is C15H20N2. The summed E-state index contributed by atoms with van der Waals surface area (Å²) in [6, 6.07) is 7.27. The summed E-state index contributed by atoms with van der Waals surface area (Å²) in [5.41, 5.74) is 5.69. The average Bonchev–Trinajstić information content (AvgIpc) is 2.94. The highest BCUT2D eigenvalue weighted by Gasteiger charge is 2.21. The smallest absolute Gasteiger partial charge is 0.0531 e. The van der Waals surface area contributed by atoms with E-state index in [9.17, 15) is 0 Å². The van der Waals surface area contributed by atoms with E-state index in [2.05, 4.69) is 49.0 Å². The Kier molecular flexibility index (Phi) is 2.48. The highest BCUT2D eigenvalue weighted by atomic mass is 15.0. The second-order valence-electron chi connectivity index (χ2n) is 5.16. The van der Waals surface area contributed by atoms with Crippen LogP contribution in [0.5, 0.6) is 0 Å². The Morgan fingerprint density at radius 1 is 1.29 bits per heavy atom. The molecule has 1 atom stereocenters. The van der Waals surface area contributed by atoms with Crippen LogP contribution < -0.4 is 5.32 Å². The largest absolute Gasteiger partial charge is 0.347 e. The van der Waals surface area contributed by atoms with Crippen molar-refractivity contribution >= 4 is 10.9 Å². The number of hydrogen-bond acceptors (Lipinski definition) is 1. The molecule has 0 bridgehead atoms. The monoisotopic (exact) mass is 228 g/mol. The first kappa shape index (κ1) is 10.8. The minimum absolute atomic E-state index is 0.547. The SMILES string of the molecule is Cc1c(C)n(C)c2c([C@@H]3CCCN3)cccc12. The Morgan fingerprint density at radius 3 is 2.82 bits per heavy atom. The van der Waals surface area contributed by atoms with Gasteiger partial charge in [0.2, 0.25) is 0 Å². The maximum Gasteiger partial charge on any atom is 0.0531 e. The lowest BCUT2D eigenvalue weighted by Crippen LogP contribution is -2.13. The Labute approximate surface area is 103 Å². The van der Waals surface area contributed by atoms with Gasteiger partial charge in [0.05, 0.1) is 5.52 Å². The molecule has 90 valence electrons. The van der Waals surface area contributed by atoms with E-state index in [0.29, 0.717) is 6.04 Å². The van der Waals surface area contributed by atoms with Crippen molar-refractivity contribution in [3.05, 3.63) is 35.0 Å². The highest BCUT2D eigenvalue weighted by molar-refractivity contribution is 5.88. The molecule has 2 heteroatoms. The molecule has 2 aromatic rings. The molecular weight excluding hydrogens is 208 g/mol. The number of hydrogen-bond donors (Lipinski definition) is 1. The van der Waals surface area contributed by atoms with Crippen LogP contribution in [0.4, 0.5) is 0 Å². The van der Waals surface area contributed by atoms with Gasteiger partial charge >= 0.3 is 0 Å². The topological polar surface area (TPSA) is 17.0 Å². The van der Waals surface area contributed by atoms with Crippen molar-refractivity contribution in [2.45, 2.75) is 32.7 Å². The van der Waals surface area contributed by atoms with Crippen LogP contribution in [-0.2, 0) is 7.05 Å². The number of aromatic nitrogens is 1. The van der Waals surface area contributed by atoms with Crippen molar-refractivity contribution in [3.8, 4) is 0 Å². The molecule has 0 amide bonds. The fourth-order valence-electron chi connectivity index (χ4n) is 3.08. The third-order valence-corrected chi connectivity index (χ3v) is 4.29. The molecule has 3 rings (SSSR count). The third kappa shape index (κ3) is 1.51. The minimum Gasteiger partial charge on any atom is -0.347 e. The third-order valence-electron chi connectivity index (χ3n) is 4.29. The number of nitrogens with one attached hydrogen (secondary N) is 1. The highest BCUT2D eigenvalue weighted by Crippen LogP contribution is 2.33. The normalized spacial score (nSPS) is 20.3. The first-order valence-corrected chi connectivity index (χ1v) is 6.48. The van der Waals surface area contributed by atoms with Crippen LogP contribution in [0.1, 0.15) is 35.7 Å². The van der Waals surface area contributed by atoms with Gasteiger partial charge in [-0.15, -0.1) is 0 Å². The van der Waals surface area contributed by atoms with E-state index in [0.717, 1.165) is 6.54 Å². The van der Waals surface area contributed by atoms with Crippen molar-refractivity contribution in [3.63, 3.8) is 0 Å². The van der Waals surface area contributed by atoms with Crippen LogP contribution >= 0.6 is 0 Å². The molecule has 0 saturated carbocycles. The van der Waals surface area contributed by atoms with E-state index in [-0.39, 0.29) is 0 Å².